The number of nitrogens with zero attached hydrogens (tertiary/aromatic N) is 2. The largest absolute Gasteiger partial charge is 0.454 e. The third-order valence-corrected chi connectivity index (χ3v) is 8.94. The Bertz CT molecular complexity index is 2540. The second-order valence-corrected chi connectivity index (χ2v) is 11.6. The molecule has 2 heterocycles. The number of rotatable bonds is 5. The summed E-state index contributed by atoms with van der Waals surface area (Å²) in [6.45, 7) is 0. The van der Waals surface area contributed by atoms with E-state index in [1.54, 1.807) is 6.20 Å². The highest BCUT2D eigenvalue weighted by atomic mass is 16.3. The minimum Gasteiger partial charge on any atom is -0.454 e. The van der Waals surface area contributed by atoms with Crippen LogP contribution in [0.2, 0.25) is 0 Å². The van der Waals surface area contributed by atoms with Crippen LogP contribution >= 0.6 is 0 Å². The first kappa shape index (κ1) is 26.2. The molecule has 0 saturated heterocycles. The van der Waals surface area contributed by atoms with E-state index in [-0.39, 0.29) is 0 Å². The molecule has 9 rings (SSSR count). The second kappa shape index (κ2) is 10.8. The van der Waals surface area contributed by atoms with Gasteiger partial charge < -0.3 is 9.32 Å². The average Bonchev–Trinajstić information content (AvgIpc) is 3.51. The highest BCUT2D eigenvalue weighted by Gasteiger charge is 2.23. The van der Waals surface area contributed by atoms with Gasteiger partial charge in [0.25, 0.3) is 0 Å². The number of para-hydroxylation sites is 1. The maximum absolute atomic E-state index is 6.45. The predicted octanol–water partition coefficient (Wildman–Crippen LogP) is 12.1. The molecule has 7 aromatic carbocycles. The summed E-state index contributed by atoms with van der Waals surface area (Å²) in [5.41, 5.74) is 9.63. The second-order valence-electron chi connectivity index (χ2n) is 11.6. The van der Waals surface area contributed by atoms with Crippen LogP contribution in [0.1, 0.15) is 0 Å². The van der Waals surface area contributed by atoms with Crippen LogP contribution < -0.4 is 4.90 Å². The van der Waals surface area contributed by atoms with Crippen molar-refractivity contribution >= 4 is 60.5 Å². The minimum absolute atomic E-state index is 0.786. The van der Waals surface area contributed by atoms with Crippen molar-refractivity contribution < 1.29 is 4.42 Å². The summed E-state index contributed by atoms with van der Waals surface area (Å²) in [4.78, 5) is 6.77. The van der Waals surface area contributed by atoms with Gasteiger partial charge in [0, 0.05) is 39.0 Å². The third-order valence-electron chi connectivity index (χ3n) is 8.94. The molecule has 0 bridgehead atoms. The number of anilines is 3. The van der Waals surface area contributed by atoms with Gasteiger partial charge in [-0.25, -0.2) is 0 Å². The van der Waals surface area contributed by atoms with E-state index in [2.05, 4.69) is 162 Å². The summed E-state index contributed by atoms with van der Waals surface area (Å²) in [7, 11) is 0. The topological polar surface area (TPSA) is 29.3 Å². The Morgan fingerprint density at radius 2 is 1.15 bits per heavy atom. The molecule has 0 aliphatic carbocycles. The molecule has 0 saturated carbocycles. The highest BCUT2D eigenvalue weighted by Crippen LogP contribution is 2.48. The van der Waals surface area contributed by atoms with Crippen LogP contribution in [0.3, 0.4) is 0 Å². The zero-order valence-electron chi connectivity index (χ0n) is 25.0. The van der Waals surface area contributed by atoms with E-state index in [4.69, 9.17) is 4.42 Å². The quantitative estimate of drug-likeness (QED) is 0.200. The molecule has 0 radical (unpaired) electrons. The lowest BCUT2D eigenvalue weighted by Crippen LogP contribution is -2.12. The van der Waals surface area contributed by atoms with E-state index < -0.39 is 0 Å². The van der Waals surface area contributed by atoms with Gasteiger partial charge >= 0.3 is 0 Å². The normalized spacial score (nSPS) is 11.5. The molecule has 0 unspecified atom stereocenters. The van der Waals surface area contributed by atoms with Crippen molar-refractivity contribution in [3.63, 3.8) is 0 Å². The first-order chi connectivity index (χ1) is 22.8. The minimum atomic E-state index is 0.786. The van der Waals surface area contributed by atoms with Gasteiger partial charge in [-0.2, -0.15) is 0 Å². The molecule has 0 aliphatic heterocycles. The van der Waals surface area contributed by atoms with Crippen LogP contribution in [-0.2, 0) is 0 Å². The predicted molar refractivity (Wildman–Crippen MR) is 192 cm³/mol. The standard InChI is InChI=1S/C43H28N2O/c1-2-12-29(13-3-1)31-16-10-17-32(26-31)45(40-23-9-8-19-35(40)34-22-11-15-30-14-4-5-18-33(30)34)41-27-39-37-24-25-44-28-42(37)46-43(39)38-21-7-6-20-36(38)41/h1-28H. The number of benzene rings is 7. The fraction of sp³-hybridized carbons (Fsp3) is 0. The van der Waals surface area contributed by atoms with E-state index in [0.29, 0.717) is 0 Å². The Labute approximate surface area is 266 Å². The zero-order chi connectivity index (χ0) is 30.5. The Hall–Kier alpha value is -6.19. The number of hydrogen-bond donors (Lipinski definition) is 0. The van der Waals surface area contributed by atoms with Crippen LogP contribution in [0, 0.1) is 0 Å². The smallest absolute Gasteiger partial charge is 0.153 e. The number of hydrogen-bond acceptors (Lipinski definition) is 3. The molecular weight excluding hydrogens is 560 g/mol. The molecule has 3 heteroatoms. The lowest BCUT2D eigenvalue weighted by Gasteiger charge is -2.30. The van der Waals surface area contributed by atoms with Crippen molar-refractivity contribution in [1.82, 2.24) is 4.98 Å². The molecule has 2 aromatic heterocycles. The number of fused-ring (bicyclic) bond motifs is 6. The number of furan rings is 1. The van der Waals surface area contributed by atoms with Gasteiger partial charge in [0.2, 0.25) is 0 Å². The summed E-state index contributed by atoms with van der Waals surface area (Å²) in [6, 6.07) is 56.3. The van der Waals surface area contributed by atoms with Crippen LogP contribution in [-0.4, -0.2) is 4.98 Å². The van der Waals surface area contributed by atoms with E-state index in [9.17, 15) is 0 Å². The Balaban J connectivity index is 1.39. The number of aromatic nitrogens is 1. The van der Waals surface area contributed by atoms with Crippen molar-refractivity contribution in [2.75, 3.05) is 4.90 Å². The molecule has 0 amide bonds. The lowest BCUT2D eigenvalue weighted by atomic mass is 9.95. The van der Waals surface area contributed by atoms with Crippen molar-refractivity contribution in [3.8, 4) is 22.3 Å². The molecule has 216 valence electrons. The van der Waals surface area contributed by atoms with Crippen LogP contribution in [0.5, 0.6) is 0 Å². The molecule has 0 aliphatic rings. The summed E-state index contributed by atoms with van der Waals surface area (Å²) in [6.07, 6.45) is 3.64. The van der Waals surface area contributed by atoms with E-state index >= 15 is 0 Å². The lowest BCUT2D eigenvalue weighted by molar-refractivity contribution is 0.670. The Morgan fingerprint density at radius 1 is 0.457 bits per heavy atom. The van der Waals surface area contributed by atoms with Gasteiger partial charge in [-0.1, -0.05) is 127 Å². The van der Waals surface area contributed by atoms with Gasteiger partial charge in [-0.15, -0.1) is 0 Å². The molecule has 0 N–H and O–H groups in total. The molecule has 9 aromatic rings. The molecule has 46 heavy (non-hydrogen) atoms. The average molecular weight is 589 g/mol. The highest BCUT2D eigenvalue weighted by molar-refractivity contribution is 6.20. The summed E-state index contributed by atoms with van der Waals surface area (Å²) >= 11 is 0. The zero-order valence-corrected chi connectivity index (χ0v) is 25.0. The summed E-state index contributed by atoms with van der Waals surface area (Å²) < 4.78 is 6.45. The fourth-order valence-corrected chi connectivity index (χ4v) is 6.84. The maximum atomic E-state index is 6.45. The van der Waals surface area contributed by atoms with E-state index in [1.165, 1.54) is 21.9 Å². The van der Waals surface area contributed by atoms with Crippen LogP contribution in [0.4, 0.5) is 17.1 Å². The molecule has 0 fully saturated rings. The first-order valence-electron chi connectivity index (χ1n) is 15.5. The molecule has 0 atom stereocenters. The van der Waals surface area contributed by atoms with Gasteiger partial charge in [-0.3, -0.25) is 4.98 Å². The van der Waals surface area contributed by atoms with Crippen molar-refractivity contribution in [3.05, 3.63) is 170 Å². The number of pyridine rings is 1. The first-order valence-corrected chi connectivity index (χ1v) is 15.5. The SMILES string of the molecule is c1ccc(-c2cccc(N(c3ccccc3-c3cccc4ccccc34)c3cc4c5ccncc5oc4c4ccccc34)c2)cc1. The maximum Gasteiger partial charge on any atom is 0.153 e. The van der Waals surface area contributed by atoms with Gasteiger partial charge in [0.15, 0.2) is 5.58 Å². The van der Waals surface area contributed by atoms with Crippen LogP contribution in [0.25, 0.3) is 65.7 Å². The van der Waals surface area contributed by atoms with Crippen molar-refractivity contribution in [2.24, 2.45) is 0 Å². The summed E-state index contributed by atoms with van der Waals surface area (Å²) in [5, 5.41) is 6.75. The third kappa shape index (κ3) is 4.25. The van der Waals surface area contributed by atoms with Crippen molar-refractivity contribution in [1.29, 1.82) is 0 Å². The van der Waals surface area contributed by atoms with E-state index in [0.717, 1.165) is 60.9 Å². The van der Waals surface area contributed by atoms with Crippen molar-refractivity contribution in [2.45, 2.75) is 0 Å². The molecule has 0 spiro atoms. The Kier molecular flexibility index (Phi) is 6.14. The molecular formula is C43H28N2O. The van der Waals surface area contributed by atoms with E-state index in [1.807, 2.05) is 12.3 Å². The van der Waals surface area contributed by atoms with Crippen LogP contribution in [0.15, 0.2) is 175 Å². The fourth-order valence-electron chi connectivity index (χ4n) is 6.84. The monoisotopic (exact) mass is 588 g/mol. The van der Waals surface area contributed by atoms with Gasteiger partial charge in [-0.05, 0) is 57.8 Å². The Morgan fingerprint density at radius 3 is 2.07 bits per heavy atom. The summed E-state index contributed by atoms with van der Waals surface area (Å²) in [5.74, 6) is 0. The van der Waals surface area contributed by atoms with Gasteiger partial charge in [0.05, 0.1) is 17.6 Å². The molecule has 3 nitrogen and oxygen atoms in total. The van der Waals surface area contributed by atoms with Gasteiger partial charge in [0.1, 0.15) is 5.58 Å².